The third-order valence-corrected chi connectivity index (χ3v) is 3.13. The van der Waals surface area contributed by atoms with Crippen molar-refractivity contribution in [1.82, 2.24) is 5.32 Å². The molecule has 1 aromatic rings. The Morgan fingerprint density at radius 1 is 1.18 bits per heavy atom. The number of benzene rings is 1. The van der Waals surface area contributed by atoms with E-state index in [-0.39, 0.29) is 18.1 Å². The van der Waals surface area contributed by atoms with Crippen LogP contribution in [0, 0.1) is 0 Å². The van der Waals surface area contributed by atoms with Gasteiger partial charge in [-0.25, -0.2) is 0 Å². The van der Waals surface area contributed by atoms with Gasteiger partial charge in [-0.15, -0.1) is 0 Å². The van der Waals surface area contributed by atoms with Crippen molar-refractivity contribution in [3.63, 3.8) is 0 Å². The highest BCUT2D eigenvalue weighted by Crippen LogP contribution is 2.22. The zero-order valence-electron chi connectivity index (χ0n) is 11.5. The molecule has 0 saturated carbocycles. The second-order valence-electron chi connectivity index (χ2n) is 5.62. The lowest BCUT2D eigenvalue weighted by Gasteiger charge is -2.19. The van der Waals surface area contributed by atoms with Crippen LogP contribution in [-0.2, 0) is 12.0 Å². The predicted octanol–water partition coefficient (Wildman–Crippen LogP) is 2.84. The summed E-state index contributed by atoms with van der Waals surface area (Å²) in [6.45, 7) is 9.77. The SMILES string of the molecule is CC[C@H](CO)NCc1ccc(C(C)(C)C)cc1. The van der Waals surface area contributed by atoms with Crippen molar-refractivity contribution in [1.29, 1.82) is 0 Å². The molecule has 0 amide bonds. The fourth-order valence-corrected chi connectivity index (χ4v) is 1.72. The van der Waals surface area contributed by atoms with Gasteiger partial charge < -0.3 is 10.4 Å². The first-order chi connectivity index (χ1) is 7.97. The summed E-state index contributed by atoms with van der Waals surface area (Å²) < 4.78 is 0. The number of nitrogens with one attached hydrogen (secondary N) is 1. The second-order valence-corrected chi connectivity index (χ2v) is 5.62. The van der Waals surface area contributed by atoms with Gasteiger partial charge in [-0.05, 0) is 23.0 Å². The molecule has 0 aliphatic heterocycles. The first-order valence-electron chi connectivity index (χ1n) is 6.41. The highest BCUT2D eigenvalue weighted by Gasteiger charge is 2.12. The van der Waals surface area contributed by atoms with Gasteiger partial charge in [0.1, 0.15) is 0 Å². The lowest BCUT2D eigenvalue weighted by Crippen LogP contribution is -2.31. The predicted molar refractivity (Wildman–Crippen MR) is 73.1 cm³/mol. The molecule has 0 unspecified atom stereocenters. The minimum absolute atomic E-state index is 0.205. The Hall–Kier alpha value is -0.860. The zero-order chi connectivity index (χ0) is 12.9. The molecule has 0 fully saturated rings. The van der Waals surface area contributed by atoms with Gasteiger partial charge in [0.15, 0.2) is 0 Å². The fourth-order valence-electron chi connectivity index (χ4n) is 1.72. The van der Waals surface area contributed by atoms with Crippen molar-refractivity contribution in [2.45, 2.75) is 52.1 Å². The molecule has 96 valence electrons. The third kappa shape index (κ3) is 4.49. The topological polar surface area (TPSA) is 32.3 Å². The van der Waals surface area contributed by atoms with Crippen molar-refractivity contribution in [2.75, 3.05) is 6.61 Å². The molecule has 0 aromatic heterocycles. The maximum Gasteiger partial charge on any atom is 0.0584 e. The summed E-state index contributed by atoms with van der Waals surface area (Å²) in [4.78, 5) is 0. The van der Waals surface area contributed by atoms with Gasteiger partial charge in [-0.1, -0.05) is 52.0 Å². The summed E-state index contributed by atoms with van der Waals surface area (Å²) >= 11 is 0. The van der Waals surface area contributed by atoms with Crippen LogP contribution >= 0.6 is 0 Å². The van der Waals surface area contributed by atoms with Gasteiger partial charge in [-0.3, -0.25) is 0 Å². The minimum atomic E-state index is 0.205. The van der Waals surface area contributed by atoms with Crippen LogP contribution in [0.2, 0.25) is 0 Å². The maximum atomic E-state index is 9.09. The van der Waals surface area contributed by atoms with Crippen molar-refractivity contribution in [2.24, 2.45) is 0 Å². The van der Waals surface area contributed by atoms with E-state index in [9.17, 15) is 0 Å². The van der Waals surface area contributed by atoms with Gasteiger partial charge in [0.25, 0.3) is 0 Å². The summed E-state index contributed by atoms with van der Waals surface area (Å²) in [5, 5.41) is 12.4. The van der Waals surface area contributed by atoms with E-state index in [2.05, 4.69) is 57.3 Å². The number of hydrogen-bond donors (Lipinski definition) is 2. The molecule has 0 spiro atoms. The smallest absolute Gasteiger partial charge is 0.0584 e. The fraction of sp³-hybridized carbons (Fsp3) is 0.600. The summed E-state index contributed by atoms with van der Waals surface area (Å²) in [6, 6.07) is 8.92. The summed E-state index contributed by atoms with van der Waals surface area (Å²) in [6.07, 6.45) is 0.955. The molecule has 2 nitrogen and oxygen atoms in total. The molecule has 0 saturated heterocycles. The Bertz CT molecular complexity index is 320. The molecule has 0 bridgehead atoms. The van der Waals surface area contributed by atoms with E-state index in [1.54, 1.807) is 0 Å². The summed E-state index contributed by atoms with van der Waals surface area (Å²) in [5.41, 5.74) is 2.84. The van der Waals surface area contributed by atoms with Crippen LogP contribution in [0.25, 0.3) is 0 Å². The van der Waals surface area contributed by atoms with E-state index in [0.29, 0.717) is 0 Å². The van der Waals surface area contributed by atoms with Gasteiger partial charge >= 0.3 is 0 Å². The number of rotatable bonds is 5. The van der Waals surface area contributed by atoms with Crippen LogP contribution in [0.1, 0.15) is 45.2 Å². The Kier molecular flexibility index (Phi) is 5.16. The van der Waals surface area contributed by atoms with Crippen molar-refractivity contribution >= 4 is 0 Å². The molecule has 0 aliphatic rings. The molecule has 0 radical (unpaired) electrons. The Morgan fingerprint density at radius 3 is 2.18 bits per heavy atom. The van der Waals surface area contributed by atoms with Gasteiger partial charge in [0, 0.05) is 12.6 Å². The maximum absolute atomic E-state index is 9.09. The van der Waals surface area contributed by atoms with Gasteiger partial charge in [-0.2, -0.15) is 0 Å². The van der Waals surface area contributed by atoms with Crippen LogP contribution < -0.4 is 5.32 Å². The lowest BCUT2D eigenvalue weighted by molar-refractivity contribution is 0.238. The molecule has 1 atom stereocenters. The molecular weight excluding hydrogens is 210 g/mol. The molecule has 1 aromatic carbocycles. The number of aliphatic hydroxyl groups is 1. The molecule has 1 rings (SSSR count). The average Bonchev–Trinajstić information content (AvgIpc) is 2.30. The molecule has 2 N–H and O–H groups in total. The number of hydrogen-bond acceptors (Lipinski definition) is 2. The molecule has 2 heteroatoms. The zero-order valence-corrected chi connectivity index (χ0v) is 11.5. The van der Waals surface area contributed by atoms with Crippen LogP contribution in [0.15, 0.2) is 24.3 Å². The van der Waals surface area contributed by atoms with Crippen LogP contribution in [-0.4, -0.2) is 17.8 Å². The normalized spacial score (nSPS) is 13.7. The van der Waals surface area contributed by atoms with Crippen molar-refractivity contribution in [3.05, 3.63) is 35.4 Å². The Labute approximate surface area is 105 Å². The Morgan fingerprint density at radius 2 is 1.76 bits per heavy atom. The van der Waals surface area contributed by atoms with E-state index >= 15 is 0 Å². The van der Waals surface area contributed by atoms with Crippen LogP contribution in [0.3, 0.4) is 0 Å². The second kappa shape index (κ2) is 6.18. The largest absolute Gasteiger partial charge is 0.395 e. The quantitative estimate of drug-likeness (QED) is 0.822. The van der Waals surface area contributed by atoms with E-state index in [1.807, 2.05) is 0 Å². The van der Waals surface area contributed by atoms with E-state index in [0.717, 1.165) is 13.0 Å². The third-order valence-electron chi connectivity index (χ3n) is 3.13. The van der Waals surface area contributed by atoms with Crippen molar-refractivity contribution in [3.8, 4) is 0 Å². The Balaban J connectivity index is 2.57. The molecule has 17 heavy (non-hydrogen) atoms. The standard InChI is InChI=1S/C15H25NO/c1-5-14(11-17)16-10-12-6-8-13(9-7-12)15(2,3)4/h6-9,14,16-17H,5,10-11H2,1-4H3/t14-/m1/s1. The lowest BCUT2D eigenvalue weighted by atomic mass is 9.87. The van der Waals surface area contributed by atoms with Gasteiger partial charge in [0.2, 0.25) is 0 Å². The molecular formula is C15H25NO. The average molecular weight is 235 g/mol. The monoisotopic (exact) mass is 235 g/mol. The molecule has 0 heterocycles. The van der Waals surface area contributed by atoms with Crippen molar-refractivity contribution < 1.29 is 5.11 Å². The number of aliphatic hydroxyl groups excluding tert-OH is 1. The summed E-state index contributed by atoms with van der Waals surface area (Å²) in [7, 11) is 0. The van der Waals surface area contributed by atoms with E-state index in [1.165, 1.54) is 11.1 Å². The first-order valence-corrected chi connectivity index (χ1v) is 6.41. The van der Waals surface area contributed by atoms with E-state index < -0.39 is 0 Å². The first kappa shape index (κ1) is 14.2. The highest BCUT2D eigenvalue weighted by molar-refractivity contribution is 5.27. The van der Waals surface area contributed by atoms with Gasteiger partial charge in [0.05, 0.1) is 6.61 Å². The van der Waals surface area contributed by atoms with Crippen LogP contribution in [0.5, 0.6) is 0 Å². The molecule has 0 aliphatic carbocycles. The minimum Gasteiger partial charge on any atom is -0.395 e. The highest BCUT2D eigenvalue weighted by atomic mass is 16.3. The summed E-state index contributed by atoms with van der Waals surface area (Å²) in [5.74, 6) is 0. The van der Waals surface area contributed by atoms with E-state index in [4.69, 9.17) is 5.11 Å². The van der Waals surface area contributed by atoms with Crippen LogP contribution in [0.4, 0.5) is 0 Å².